The molecule has 0 aliphatic heterocycles. The summed E-state index contributed by atoms with van der Waals surface area (Å²) in [7, 11) is -7.24. The molecule has 27 heavy (non-hydrogen) atoms. The van der Waals surface area contributed by atoms with Gasteiger partial charge in [0.25, 0.3) is 0 Å². The van der Waals surface area contributed by atoms with Crippen LogP contribution in [0.5, 0.6) is 0 Å². The molecule has 0 aromatic heterocycles. The lowest BCUT2D eigenvalue weighted by Gasteiger charge is -2.57. The minimum absolute atomic E-state index is 0.0883. The van der Waals surface area contributed by atoms with Crippen LogP contribution in [0.4, 0.5) is 0 Å². The van der Waals surface area contributed by atoms with Gasteiger partial charge in [-0.3, -0.25) is 4.79 Å². The molecule has 0 aliphatic carbocycles. The molecule has 154 valence electrons. The summed E-state index contributed by atoms with van der Waals surface area (Å²) in [5.41, 5.74) is 1.07. The number of carbonyl (C=O) groups excluding carboxylic acids is 1. The van der Waals surface area contributed by atoms with Crippen molar-refractivity contribution < 1.29 is 9.53 Å². The van der Waals surface area contributed by atoms with Crippen molar-refractivity contribution in [1.82, 2.24) is 0 Å². The summed E-state index contributed by atoms with van der Waals surface area (Å²) < 4.78 is 6.35. The van der Waals surface area contributed by atoms with Crippen LogP contribution in [-0.2, 0) is 9.53 Å². The van der Waals surface area contributed by atoms with Gasteiger partial charge in [0.05, 0.1) is 32.3 Å². The van der Waals surface area contributed by atoms with E-state index in [0.717, 1.165) is 5.56 Å². The van der Waals surface area contributed by atoms with Gasteiger partial charge >= 0.3 is 5.97 Å². The highest BCUT2D eigenvalue weighted by atomic mass is 28.5. The molecule has 2 nitrogen and oxygen atoms in total. The van der Waals surface area contributed by atoms with Crippen molar-refractivity contribution in [1.29, 1.82) is 0 Å². The molecule has 1 aromatic carbocycles. The van der Waals surface area contributed by atoms with Crippen molar-refractivity contribution in [2.75, 3.05) is 0 Å². The van der Waals surface area contributed by atoms with E-state index >= 15 is 0 Å². The van der Waals surface area contributed by atoms with Crippen LogP contribution < -0.4 is 0 Å². The molecule has 0 bridgehead atoms. The molecule has 0 heterocycles. The lowest BCUT2D eigenvalue weighted by Crippen LogP contribution is -2.70. The van der Waals surface area contributed by atoms with Gasteiger partial charge < -0.3 is 4.74 Å². The summed E-state index contributed by atoms with van der Waals surface area (Å²) in [6, 6.07) is 10.4. The van der Waals surface area contributed by atoms with Crippen LogP contribution in [0, 0.1) is 0 Å². The van der Waals surface area contributed by atoms with Crippen LogP contribution in [0.25, 0.3) is 0 Å². The molecule has 0 radical (unpaired) electrons. The molecular formula is C21H42O2Si4. The molecule has 0 saturated carbocycles. The second kappa shape index (κ2) is 7.76. The van der Waals surface area contributed by atoms with Gasteiger partial charge in [0.2, 0.25) is 0 Å². The first-order valence-corrected chi connectivity index (χ1v) is 24.2. The minimum Gasteiger partial charge on any atom is -0.462 e. The van der Waals surface area contributed by atoms with Gasteiger partial charge in [-0.05, 0) is 5.56 Å². The fourth-order valence-corrected chi connectivity index (χ4v) is 36.5. The molecule has 0 aliphatic rings. The zero-order valence-corrected chi connectivity index (χ0v) is 23.8. The van der Waals surface area contributed by atoms with Crippen molar-refractivity contribution in [2.24, 2.45) is 0 Å². The summed E-state index contributed by atoms with van der Waals surface area (Å²) in [6.45, 7) is 28.4. The van der Waals surface area contributed by atoms with E-state index in [0.29, 0.717) is 0 Å². The highest BCUT2D eigenvalue weighted by Crippen LogP contribution is 2.55. The Morgan fingerprint density at radius 3 is 1.41 bits per heavy atom. The minimum atomic E-state index is -1.83. The predicted molar refractivity (Wildman–Crippen MR) is 131 cm³/mol. The topological polar surface area (TPSA) is 26.3 Å². The van der Waals surface area contributed by atoms with Crippen molar-refractivity contribution in [2.45, 2.75) is 88.6 Å². The fraction of sp³-hybridized carbons (Fsp3) is 0.667. The Morgan fingerprint density at radius 2 is 1.11 bits per heavy atom. The van der Waals surface area contributed by atoms with Gasteiger partial charge in [-0.15, -0.1) is 0 Å². The Hall–Kier alpha value is -0.442. The Morgan fingerprint density at radius 1 is 0.741 bits per heavy atom. The maximum absolute atomic E-state index is 14.1. The van der Waals surface area contributed by atoms with Gasteiger partial charge in [0.15, 0.2) is 0 Å². The Labute approximate surface area is 172 Å². The summed E-state index contributed by atoms with van der Waals surface area (Å²) in [4.78, 5) is 14.1. The highest BCUT2D eigenvalue weighted by Gasteiger charge is 2.66. The normalized spacial score (nSPS) is 15.4. The number of hydrogen-bond acceptors (Lipinski definition) is 2. The fourth-order valence-electron chi connectivity index (χ4n) is 5.86. The highest BCUT2D eigenvalue weighted by molar-refractivity contribution is 7.19. The van der Waals surface area contributed by atoms with Gasteiger partial charge in [-0.25, -0.2) is 0 Å². The number of ether oxygens (including phenoxy) is 1. The van der Waals surface area contributed by atoms with Crippen LogP contribution in [0.3, 0.4) is 0 Å². The van der Waals surface area contributed by atoms with E-state index in [1.165, 1.54) is 0 Å². The van der Waals surface area contributed by atoms with Crippen molar-refractivity contribution >= 4 is 38.3 Å². The van der Waals surface area contributed by atoms with Crippen LogP contribution in [0.2, 0.25) is 82.8 Å². The monoisotopic (exact) mass is 438 g/mol. The molecule has 1 aromatic rings. The molecular weight excluding hydrogens is 397 g/mol. The standard InChI is InChI=1S/C21H42O2Si4/c1-24(2,3)19(18-16-14-13-15-17-18)23-20(22)21(25(4,5)6,26(7,8)9)27(10,11)12/h13-17,19H,1-12H3. The zero-order valence-electron chi connectivity index (χ0n) is 19.8. The maximum atomic E-state index is 14.1. The van der Waals surface area contributed by atoms with Gasteiger partial charge in [-0.1, -0.05) is 109 Å². The van der Waals surface area contributed by atoms with E-state index in [9.17, 15) is 4.79 Å². The SMILES string of the molecule is C[Si](C)(C)C(OC(=O)C([Si](C)(C)C)([Si](C)(C)C)[Si](C)(C)C)c1ccccc1. The summed E-state index contributed by atoms with van der Waals surface area (Å²) in [5, 5.41) is 0. The first-order valence-electron chi connectivity index (χ1n) is 10.1. The molecule has 0 spiro atoms. The third-order valence-corrected chi connectivity index (χ3v) is 28.7. The van der Waals surface area contributed by atoms with E-state index in [4.69, 9.17) is 4.74 Å². The molecule has 1 rings (SSSR count). The van der Waals surface area contributed by atoms with Crippen molar-refractivity contribution in [3.8, 4) is 0 Å². The lowest BCUT2D eigenvalue weighted by molar-refractivity contribution is -0.146. The van der Waals surface area contributed by atoms with E-state index in [-0.39, 0.29) is 16.0 Å². The number of esters is 1. The number of benzene rings is 1. The molecule has 1 unspecified atom stereocenters. The molecule has 0 saturated heterocycles. The lowest BCUT2D eigenvalue weighted by atomic mass is 10.2. The summed E-state index contributed by atoms with van der Waals surface area (Å²) in [5.74, 6) is 0.122. The third-order valence-electron chi connectivity index (χ3n) is 5.79. The third kappa shape index (κ3) is 4.77. The van der Waals surface area contributed by atoms with E-state index < -0.39 is 32.3 Å². The molecule has 6 heteroatoms. The smallest absolute Gasteiger partial charge is 0.304 e. The van der Waals surface area contributed by atoms with Crippen molar-refractivity contribution in [3.63, 3.8) is 0 Å². The second-order valence-electron chi connectivity index (χ2n) is 12.1. The Balaban J connectivity index is 3.59. The number of carbonyl (C=O) groups is 1. The summed E-state index contributed by atoms with van der Waals surface area (Å²) in [6.07, 6.45) is 0. The molecule has 0 N–H and O–H groups in total. The average molecular weight is 439 g/mol. The summed E-state index contributed by atoms with van der Waals surface area (Å²) >= 11 is 0. The number of hydrogen-bond donors (Lipinski definition) is 0. The predicted octanol–water partition coefficient (Wildman–Crippen LogP) is 6.98. The van der Waals surface area contributed by atoms with Crippen LogP contribution in [0.15, 0.2) is 30.3 Å². The first-order chi connectivity index (χ1) is 11.9. The molecule has 1 atom stereocenters. The van der Waals surface area contributed by atoms with E-state index in [2.05, 4.69) is 103 Å². The zero-order chi connectivity index (χ0) is 21.5. The maximum Gasteiger partial charge on any atom is 0.304 e. The van der Waals surface area contributed by atoms with Crippen LogP contribution >= 0.6 is 0 Å². The average Bonchev–Trinajstić information content (AvgIpc) is 2.40. The van der Waals surface area contributed by atoms with Crippen LogP contribution in [-0.4, -0.2) is 38.3 Å². The van der Waals surface area contributed by atoms with Crippen LogP contribution in [0.1, 0.15) is 11.3 Å². The first kappa shape index (κ1) is 24.6. The Kier molecular flexibility index (Phi) is 7.07. The van der Waals surface area contributed by atoms with Crippen molar-refractivity contribution in [3.05, 3.63) is 35.9 Å². The van der Waals surface area contributed by atoms with Gasteiger partial charge in [0, 0.05) is 4.28 Å². The van der Waals surface area contributed by atoms with Gasteiger partial charge in [-0.2, -0.15) is 0 Å². The van der Waals surface area contributed by atoms with E-state index in [1.807, 2.05) is 6.07 Å². The Bertz CT molecular complexity index is 608. The van der Waals surface area contributed by atoms with Gasteiger partial charge in [0.1, 0.15) is 5.73 Å². The van der Waals surface area contributed by atoms with E-state index in [1.54, 1.807) is 0 Å². The quantitative estimate of drug-likeness (QED) is 0.339. The second-order valence-corrected chi connectivity index (χ2v) is 34.6. The number of rotatable bonds is 7. The largest absolute Gasteiger partial charge is 0.462 e. The molecule has 0 amide bonds. The molecule has 0 fully saturated rings.